The van der Waals surface area contributed by atoms with E-state index in [4.69, 9.17) is 0 Å². The van der Waals surface area contributed by atoms with E-state index in [2.05, 4.69) is 0 Å². The first-order chi connectivity index (χ1) is 8.50. The van der Waals surface area contributed by atoms with E-state index in [1.807, 2.05) is 6.92 Å². The quantitative estimate of drug-likeness (QED) is 0.509. The molecule has 0 spiro atoms. The molecule has 19 heavy (non-hydrogen) atoms. The molecule has 112 valence electrons. The van der Waals surface area contributed by atoms with E-state index in [9.17, 15) is 24.9 Å². The summed E-state index contributed by atoms with van der Waals surface area (Å²) in [5.74, 6) is -2.13. The highest BCUT2D eigenvalue weighted by Crippen LogP contribution is 2.19. The minimum absolute atomic E-state index is 0.0430. The molecule has 0 radical (unpaired) electrons. The summed E-state index contributed by atoms with van der Waals surface area (Å²) in [6, 6.07) is 0. The third-order valence-electron chi connectivity index (χ3n) is 2.73. The van der Waals surface area contributed by atoms with E-state index in [-0.39, 0.29) is 17.4 Å². The fourth-order valence-corrected chi connectivity index (χ4v) is 2.11. The maximum atomic E-state index is 12.1. The molecule has 0 saturated carbocycles. The SMILES string of the molecule is CCCC(O)CC(=O)C(O)(CC(=O)[O-])C[N+](C)(C)C. The average Bonchev–Trinajstić information content (AvgIpc) is 2.12. The van der Waals surface area contributed by atoms with Crippen LogP contribution in [-0.4, -0.2) is 65.8 Å². The van der Waals surface area contributed by atoms with Crippen LogP contribution in [0.3, 0.4) is 0 Å². The molecule has 0 aromatic heterocycles. The van der Waals surface area contributed by atoms with Gasteiger partial charge in [-0.25, -0.2) is 0 Å². The van der Waals surface area contributed by atoms with Crippen molar-refractivity contribution in [3.63, 3.8) is 0 Å². The van der Waals surface area contributed by atoms with Crippen LogP contribution >= 0.6 is 0 Å². The van der Waals surface area contributed by atoms with Crippen molar-refractivity contribution in [3.05, 3.63) is 0 Å². The van der Waals surface area contributed by atoms with Crippen LogP contribution in [-0.2, 0) is 9.59 Å². The number of rotatable bonds is 9. The van der Waals surface area contributed by atoms with Gasteiger partial charge in [0.1, 0.15) is 6.54 Å². The Bertz CT molecular complexity index is 323. The number of carboxylic acid groups (broad SMARTS) is 1. The van der Waals surface area contributed by atoms with Crippen molar-refractivity contribution < 1.29 is 29.4 Å². The summed E-state index contributed by atoms with van der Waals surface area (Å²) in [5, 5.41) is 30.6. The number of quaternary nitrogens is 1. The summed E-state index contributed by atoms with van der Waals surface area (Å²) in [5.41, 5.74) is -1.99. The van der Waals surface area contributed by atoms with Crippen LogP contribution in [0.25, 0.3) is 0 Å². The van der Waals surface area contributed by atoms with Gasteiger partial charge in [0.15, 0.2) is 11.4 Å². The van der Waals surface area contributed by atoms with Crippen LogP contribution in [0, 0.1) is 0 Å². The average molecular weight is 275 g/mol. The number of carboxylic acids is 1. The Morgan fingerprint density at radius 2 is 1.84 bits per heavy atom. The van der Waals surface area contributed by atoms with Gasteiger partial charge in [-0.1, -0.05) is 13.3 Å². The van der Waals surface area contributed by atoms with E-state index in [1.54, 1.807) is 21.1 Å². The lowest BCUT2D eigenvalue weighted by Gasteiger charge is -2.35. The standard InChI is InChI=1S/C13H25NO5/c1-5-6-10(15)7-11(16)13(19,8-12(17)18)9-14(2,3)4/h10,15,19H,5-9H2,1-4H3. The van der Waals surface area contributed by atoms with Crippen LogP contribution in [0.2, 0.25) is 0 Å². The van der Waals surface area contributed by atoms with Gasteiger partial charge in [0.05, 0.1) is 27.2 Å². The van der Waals surface area contributed by atoms with Gasteiger partial charge in [-0.3, -0.25) is 4.79 Å². The van der Waals surface area contributed by atoms with Crippen molar-refractivity contribution in [2.75, 3.05) is 27.7 Å². The largest absolute Gasteiger partial charge is 0.550 e. The van der Waals surface area contributed by atoms with E-state index < -0.39 is 29.9 Å². The topological polar surface area (TPSA) is 97.7 Å². The molecule has 6 heteroatoms. The summed E-state index contributed by atoms with van der Waals surface area (Å²) in [6.07, 6.45) is -0.684. The van der Waals surface area contributed by atoms with Crippen molar-refractivity contribution in [2.45, 2.75) is 44.3 Å². The monoisotopic (exact) mass is 275 g/mol. The third kappa shape index (κ3) is 7.25. The number of carbonyl (C=O) groups excluding carboxylic acids is 2. The first kappa shape index (κ1) is 18.0. The first-order valence-electron chi connectivity index (χ1n) is 6.44. The number of aliphatic hydroxyl groups is 2. The zero-order chi connectivity index (χ0) is 15.3. The predicted octanol–water partition coefficient (Wildman–Crippen LogP) is -1.32. The normalized spacial score (nSPS) is 16.7. The molecule has 0 amide bonds. The highest BCUT2D eigenvalue weighted by molar-refractivity contribution is 5.91. The van der Waals surface area contributed by atoms with E-state index in [1.165, 1.54) is 0 Å². The fourth-order valence-electron chi connectivity index (χ4n) is 2.11. The number of hydrogen-bond donors (Lipinski definition) is 2. The molecule has 0 aliphatic carbocycles. The predicted molar refractivity (Wildman–Crippen MR) is 68.0 cm³/mol. The number of hydrogen-bond acceptors (Lipinski definition) is 5. The maximum Gasteiger partial charge on any atom is 0.177 e. The molecule has 0 heterocycles. The number of Topliss-reactive ketones (excluding diaryl/α,β-unsaturated/α-hetero) is 1. The Balaban J connectivity index is 4.92. The second-order valence-electron chi connectivity index (χ2n) is 6.10. The zero-order valence-electron chi connectivity index (χ0n) is 12.2. The Labute approximate surface area is 114 Å². The van der Waals surface area contributed by atoms with Crippen LogP contribution < -0.4 is 5.11 Å². The number of carbonyl (C=O) groups is 2. The molecule has 2 unspecified atom stereocenters. The van der Waals surface area contributed by atoms with E-state index >= 15 is 0 Å². The Hall–Kier alpha value is -0.980. The number of ketones is 1. The molecule has 0 rings (SSSR count). The summed E-state index contributed by atoms with van der Waals surface area (Å²) in [4.78, 5) is 22.8. The highest BCUT2D eigenvalue weighted by Gasteiger charge is 2.41. The van der Waals surface area contributed by atoms with Crippen LogP contribution in [0.5, 0.6) is 0 Å². The number of likely N-dealkylation sites (N-methyl/N-ethyl adjacent to an activating group) is 1. The molecule has 0 bridgehead atoms. The highest BCUT2D eigenvalue weighted by atomic mass is 16.4. The molecular weight excluding hydrogens is 250 g/mol. The summed E-state index contributed by atoms with van der Waals surface area (Å²) >= 11 is 0. The molecule has 0 aromatic rings. The van der Waals surface area contributed by atoms with Crippen molar-refractivity contribution in [2.24, 2.45) is 0 Å². The second kappa shape index (κ2) is 6.98. The van der Waals surface area contributed by atoms with Gasteiger partial charge in [-0.2, -0.15) is 0 Å². The minimum Gasteiger partial charge on any atom is -0.550 e. The van der Waals surface area contributed by atoms with Crippen molar-refractivity contribution >= 4 is 11.8 Å². The smallest absolute Gasteiger partial charge is 0.177 e. The Morgan fingerprint density at radius 1 is 1.32 bits per heavy atom. The Kier molecular flexibility index (Phi) is 6.62. The second-order valence-corrected chi connectivity index (χ2v) is 6.10. The molecule has 0 aromatic carbocycles. The van der Waals surface area contributed by atoms with Gasteiger partial charge in [0, 0.05) is 18.8 Å². The van der Waals surface area contributed by atoms with Crippen molar-refractivity contribution in [1.29, 1.82) is 0 Å². The lowest BCUT2D eigenvalue weighted by molar-refractivity contribution is -0.875. The molecule has 6 nitrogen and oxygen atoms in total. The summed E-state index contributed by atoms with van der Waals surface area (Å²) in [7, 11) is 5.24. The van der Waals surface area contributed by atoms with Crippen LogP contribution in [0.1, 0.15) is 32.6 Å². The first-order valence-corrected chi connectivity index (χ1v) is 6.44. The lowest BCUT2D eigenvalue weighted by atomic mass is 9.89. The Morgan fingerprint density at radius 3 is 2.21 bits per heavy atom. The summed E-state index contributed by atoms with van der Waals surface area (Å²) < 4.78 is 0.236. The van der Waals surface area contributed by atoms with Crippen LogP contribution in [0.15, 0.2) is 0 Å². The van der Waals surface area contributed by atoms with Gasteiger partial charge in [-0.15, -0.1) is 0 Å². The molecule has 0 aliphatic rings. The number of nitrogens with zero attached hydrogens (tertiary/aromatic N) is 1. The molecular formula is C13H25NO5. The maximum absolute atomic E-state index is 12.1. The zero-order valence-corrected chi connectivity index (χ0v) is 12.2. The molecule has 0 aliphatic heterocycles. The summed E-state index contributed by atoms with van der Waals surface area (Å²) in [6.45, 7) is 1.83. The van der Waals surface area contributed by atoms with Gasteiger partial charge in [-0.05, 0) is 6.42 Å². The minimum atomic E-state index is -1.99. The van der Waals surface area contributed by atoms with Crippen molar-refractivity contribution in [1.82, 2.24) is 0 Å². The van der Waals surface area contributed by atoms with Gasteiger partial charge in [0.2, 0.25) is 0 Å². The molecule has 2 N–H and O–H groups in total. The molecule has 0 saturated heterocycles. The molecule has 0 fully saturated rings. The van der Waals surface area contributed by atoms with E-state index in [0.717, 1.165) is 0 Å². The van der Waals surface area contributed by atoms with Gasteiger partial charge < -0.3 is 24.6 Å². The van der Waals surface area contributed by atoms with Crippen molar-refractivity contribution in [3.8, 4) is 0 Å². The lowest BCUT2D eigenvalue weighted by Crippen LogP contribution is -2.56. The third-order valence-corrected chi connectivity index (χ3v) is 2.73. The number of aliphatic hydroxyl groups excluding tert-OH is 1. The van der Waals surface area contributed by atoms with E-state index in [0.29, 0.717) is 12.8 Å². The van der Waals surface area contributed by atoms with Crippen LogP contribution in [0.4, 0.5) is 0 Å². The van der Waals surface area contributed by atoms with Gasteiger partial charge >= 0.3 is 0 Å². The van der Waals surface area contributed by atoms with Gasteiger partial charge in [0.25, 0.3) is 0 Å². The number of aliphatic carboxylic acids is 1. The fraction of sp³-hybridized carbons (Fsp3) is 0.846. The molecule has 2 atom stereocenters.